The predicted molar refractivity (Wildman–Crippen MR) is 94.2 cm³/mol. The Morgan fingerprint density at radius 1 is 1.07 bits per heavy atom. The van der Waals surface area contributed by atoms with Crippen LogP contribution in [-0.2, 0) is 9.53 Å². The van der Waals surface area contributed by atoms with Gasteiger partial charge in [-0.05, 0) is 50.2 Å². The Hall–Kier alpha value is -3.16. The third-order valence-corrected chi connectivity index (χ3v) is 3.41. The van der Waals surface area contributed by atoms with Crippen molar-refractivity contribution in [3.8, 4) is 11.5 Å². The molecule has 1 amide bonds. The second kappa shape index (κ2) is 9.51. The van der Waals surface area contributed by atoms with Crippen molar-refractivity contribution < 1.29 is 32.6 Å². The van der Waals surface area contributed by atoms with Gasteiger partial charge in [0.15, 0.2) is 6.10 Å². The van der Waals surface area contributed by atoms with Crippen LogP contribution in [0.5, 0.6) is 11.5 Å². The van der Waals surface area contributed by atoms with Gasteiger partial charge in [0.2, 0.25) is 0 Å². The summed E-state index contributed by atoms with van der Waals surface area (Å²) in [6.45, 7) is 0.670. The first-order valence-corrected chi connectivity index (χ1v) is 8.19. The molecule has 0 unspecified atom stereocenters. The van der Waals surface area contributed by atoms with Gasteiger partial charge in [-0.1, -0.05) is 12.1 Å². The summed E-state index contributed by atoms with van der Waals surface area (Å²) in [5, 5.41) is 2.59. The van der Waals surface area contributed by atoms with Crippen LogP contribution in [-0.4, -0.2) is 31.2 Å². The molecule has 0 radical (unpaired) electrons. The van der Waals surface area contributed by atoms with Crippen LogP contribution in [0.2, 0.25) is 0 Å². The molecular formula is C19H19F2NO5. The number of esters is 1. The Kier molecular flexibility index (Phi) is 7.10. The van der Waals surface area contributed by atoms with Gasteiger partial charge in [0.25, 0.3) is 5.91 Å². The Morgan fingerprint density at radius 2 is 1.74 bits per heavy atom. The number of nitrogens with one attached hydrogen (secondary N) is 1. The molecule has 0 heterocycles. The molecule has 8 heteroatoms. The Balaban J connectivity index is 1.98. The molecule has 2 aromatic rings. The SMILES string of the molecule is CCOc1ccc(NC(=O)[C@H](C)OC(=O)c2ccccc2OC(F)F)cc1. The van der Waals surface area contributed by atoms with Gasteiger partial charge in [0.05, 0.1) is 6.61 Å². The lowest BCUT2D eigenvalue weighted by Gasteiger charge is -2.15. The van der Waals surface area contributed by atoms with Crippen molar-refractivity contribution in [3.63, 3.8) is 0 Å². The number of hydrogen-bond donors (Lipinski definition) is 1. The van der Waals surface area contributed by atoms with E-state index >= 15 is 0 Å². The number of benzene rings is 2. The average molecular weight is 379 g/mol. The standard InChI is InChI=1S/C19H19F2NO5/c1-3-25-14-10-8-13(9-11-14)22-17(23)12(2)26-18(24)15-6-4-5-7-16(15)27-19(20)21/h4-12,19H,3H2,1-2H3,(H,22,23)/t12-/m0/s1. The molecule has 27 heavy (non-hydrogen) atoms. The van der Waals surface area contributed by atoms with Crippen molar-refractivity contribution in [2.24, 2.45) is 0 Å². The van der Waals surface area contributed by atoms with Crippen molar-refractivity contribution in [3.05, 3.63) is 54.1 Å². The van der Waals surface area contributed by atoms with Crippen LogP contribution in [0.1, 0.15) is 24.2 Å². The maximum atomic E-state index is 12.4. The molecule has 0 spiro atoms. The first-order chi connectivity index (χ1) is 12.9. The summed E-state index contributed by atoms with van der Waals surface area (Å²) in [7, 11) is 0. The van der Waals surface area contributed by atoms with Gasteiger partial charge in [0.1, 0.15) is 17.1 Å². The van der Waals surface area contributed by atoms with Crippen LogP contribution in [0.4, 0.5) is 14.5 Å². The molecule has 0 saturated heterocycles. The van der Waals surface area contributed by atoms with Crippen LogP contribution >= 0.6 is 0 Å². The maximum Gasteiger partial charge on any atom is 0.387 e. The molecule has 2 aromatic carbocycles. The summed E-state index contributed by atoms with van der Waals surface area (Å²) < 4.78 is 39.5. The van der Waals surface area contributed by atoms with E-state index in [1.807, 2.05) is 6.92 Å². The van der Waals surface area contributed by atoms with Gasteiger partial charge in [-0.2, -0.15) is 8.78 Å². The summed E-state index contributed by atoms with van der Waals surface area (Å²) in [5.41, 5.74) is 0.298. The van der Waals surface area contributed by atoms with Gasteiger partial charge < -0.3 is 19.5 Å². The zero-order valence-electron chi connectivity index (χ0n) is 14.8. The number of rotatable bonds is 8. The molecule has 1 atom stereocenters. The number of alkyl halides is 2. The number of hydrogen-bond acceptors (Lipinski definition) is 5. The van der Waals surface area contributed by atoms with E-state index in [0.29, 0.717) is 18.0 Å². The molecule has 0 saturated carbocycles. The zero-order valence-corrected chi connectivity index (χ0v) is 14.8. The number of halogens is 2. The van der Waals surface area contributed by atoms with Crippen LogP contribution < -0.4 is 14.8 Å². The summed E-state index contributed by atoms with van der Waals surface area (Å²) >= 11 is 0. The third kappa shape index (κ3) is 5.95. The van der Waals surface area contributed by atoms with Crippen molar-refractivity contribution in [2.45, 2.75) is 26.6 Å². The van der Waals surface area contributed by atoms with Crippen LogP contribution in [0.15, 0.2) is 48.5 Å². The zero-order chi connectivity index (χ0) is 19.8. The minimum Gasteiger partial charge on any atom is -0.494 e. The van der Waals surface area contributed by atoms with Gasteiger partial charge in [-0.15, -0.1) is 0 Å². The van der Waals surface area contributed by atoms with Gasteiger partial charge in [-0.3, -0.25) is 4.79 Å². The molecule has 6 nitrogen and oxygen atoms in total. The fourth-order valence-electron chi connectivity index (χ4n) is 2.16. The lowest BCUT2D eigenvalue weighted by molar-refractivity contribution is -0.123. The maximum absolute atomic E-state index is 12.4. The molecule has 0 bridgehead atoms. The van der Waals surface area contributed by atoms with E-state index in [0.717, 1.165) is 0 Å². The number of anilines is 1. The number of para-hydroxylation sites is 1. The second-order valence-corrected chi connectivity index (χ2v) is 5.37. The number of ether oxygens (including phenoxy) is 3. The van der Waals surface area contributed by atoms with E-state index in [1.165, 1.54) is 31.2 Å². The topological polar surface area (TPSA) is 73.9 Å². The van der Waals surface area contributed by atoms with Crippen molar-refractivity contribution in [1.82, 2.24) is 0 Å². The minimum atomic E-state index is -3.08. The highest BCUT2D eigenvalue weighted by Crippen LogP contribution is 2.22. The summed E-state index contributed by atoms with van der Waals surface area (Å²) in [5.74, 6) is -1.18. The summed E-state index contributed by atoms with van der Waals surface area (Å²) in [6, 6.07) is 12.1. The fraction of sp³-hybridized carbons (Fsp3) is 0.263. The lowest BCUT2D eigenvalue weighted by atomic mass is 10.2. The van der Waals surface area contributed by atoms with Gasteiger partial charge in [-0.25, -0.2) is 4.79 Å². The molecule has 0 aliphatic carbocycles. The first-order valence-electron chi connectivity index (χ1n) is 8.19. The van der Waals surface area contributed by atoms with Crippen LogP contribution in [0.3, 0.4) is 0 Å². The Morgan fingerprint density at radius 3 is 2.37 bits per heavy atom. The van der Waals surface area contributed by atoms with E-state index in [9.17, 15) is 18.4 Å². The highest BCUT2D eigenvalue weighted by atomic mass is 19.3. The Labute approximate surface area is 155 Å². The molecular weight excluding hydrogens is 360 g/mol. The summed E-state index contributed by atoms with van der Waals surface area (Å²) in [4.78, 5) is 24.4. The average Bonchev–Trinajstić information content (AvgIpc) is 2.63. The van der Waals surface area contributed by atoms with Crippen LogP contribution in [0.25, 0.3) is 0 Å². The minimum absolute atomic E-state index is 0.196. The number of carbonyl (C=O) groups excluding carboxylic acids is 2. The fourth-order valence-corrected chi connectivity index (χ4v) is 2.16. The van der Waals surface area contributed by atoms with Gasteiger partial charge >= 0.3 is 12.6 Å². The highest BCUT2D eigenvalue weighted by molar-refractivity contribution is 5.98. The number of carbonyl (C=O) groups is 2. The molecule has 0 fully saturated rings. The molecule has 0 aliphatic rings. The first kappa shape index (κ1) is 20.2. The summed E-state index contributed by atoms with van der Waals surface area (Å²) in [6.07, 6.45) is -1.15. The molecule has 0 aromatic heterocycles. The second-order valence-electron chi connectivity index (χ2n) is 5.37. The largest absolute Gasteiger partial charge is 0.494 e. The van der Waals surface area contributed by atoms with E-state index in [4.69, 9.17) is 9.47 Å². The monoisotopic (exact) mass is 379 g/mol. The quantitative estimate of drug-likeness (QED) is 0.705. The van der Waals surface area contributed by atoms with E-state index in [-0.39, 0.29) is 11.3 Å². The van der Waals surface area contributed by atoms with E-state index in [1.54, 1.807) is 24.3 Å². The third-order valence-electron chi connectivity index (χ3n) is 3.41. The van der Waals surface area contributed by atoms with E-state index in [2.05, 4.69) is 10.1 Å². The van der Waals surface area contributed by atoms with E-state index < -0.39 is 24.6 Å². The van der Waals surface area contributed by atoms with Gasteiger partial charge in [0, 0.05) is 5.69 Å². The van der Waals surface area contributed by atoms with Crippen molar-refractivity contribution in [1.29, 1.82) is 0 Å². The lowest BCUT2D eigenvalue weighted by Crippen LogP contribution is -2.30. The van der Waals surface area contributed by atoms with Crippen LogP contribution in [0, 0.1) is 0 Å². The predicted octanol–water partition coefficient (Wildman–Crippen LogP) is 3.87. The van der Waals surface area contributed by atoms with Crippen molar-refractivity contribution >= 4 is 17.6 Å². The molecule has 1 N–H and O–H groups in total. The molecule has 144 valence electrons. The smallest absolute Gasteiger partial charge is 0.387 e. The Bertz CT molecular complexity index is 780. The highest BCUT2D eigenvalue weighted by Gasteiger charge is 2.22. The normalized spacial score (nSPS) is 11.6. The number of amides is 1. The molecule has 0 aliphatic heterocycles. The van der Waals surface area contributed by atoms with Crippen molar-refractivity contribution in [2.75, 3.05) is 11.9 Å². The molecule has 2 rings (SSSR count).